The van der Waals surface area contributed by atoms with Gasteiger partial charge in [-0.25, -0.2) is 0 Å². The molecular formula is C17H16F3NO4. The van der Waals surface area contributed by atoms with Crippen LogP contribution in [0.4, 0.5) is 18.9 Å². The Kier molecular flexibility index (Phi) is 5.74. The first-order valence-electron chi connectivity index (χ1n) is 7.15. The molecule has 0 unspecified atom stereocenters. The van der Waals surface area contributed by atoms with Gasteiger partial charge in [-0.3, -0.25) is 4.79 Å². The van der Waals surface area contributed by atoms with E-state index in [1.807, 2.05) is 0 Å². The number of alkyl halides is 3. The second-order valence-corrected chi connectivity index (χ2v) is 4.99. The minimum Gasteiger partial charge on any atom is -0.497 e. The highest BCUT2D eigenvalue weighted by Gasteiger charge is 2.28. The lowest BCUT2D eigenvalue weighted by Gasteiger charge is -2.12. The molecule has 0 spiro atoms. The summed E-state index contributed by atoms with van der Waals surface area (Å²) in [6.45, 7) is -1.41. The topological polar surface area (TPSA) is 56.8 Å². The molecule has 2 aromatic rings. The van der Waals surface area contributed by atoms with Crippen LogP contribution in [0.15, 0.2) is 42.5 Å². The quantitative estimate of drug-likeness (QED) is 0.854. The van der Waals surface area contributed by atoms with Crippen molar-refractivity contribution < 1.29 is 32.2 Å². The van der Waals surface area contributed by atoms with Gasteiger partial charge in [-0.15, -0.1) is 0 Å². The molecule has 0 aliphatic rings. The lowest BCUT2D eigenvalue weighted by molar-refractivity contribution is -0.153. The summed E-state index contributed by atoms with van der Waals surface area (Å²) < 4.78 is 51.4. The fourth-order valence-electron chi connectivity index (χ4n) is 1.97. The van der Waals surface area contributed by atoms with Crippen molar-refractivity contribution in [2.45, 2.75) is 6.18 Å². The van der Waals surface area contributed by atoms with Gasteiger partial charge in [0.1, 0.15) is 17.2 Å². The smallest absolute Gasteiger partial charge is 0.422 e. The second-order valence-electron chi connectivity index (χ2n) is 4.99. The molecule has 25 heavy (non-hydrogen) atoms. The van der Waals surface area contributed by atoms with Crippen molar-refractivity contribution in [3.05, 3.63) is 48.0 Å². The summed E-state index contributed by atoms with van der Waals surface area (Å²) in [7, 11) is 2.91. The molecule has 0 bridgehead atoms. The number of halogens is 3. The molecule has 134 valence electrons. The normalized spacial score (nSPS) is 10.9. The maximum atomic E-state index is 12.3. The number of amides is 1. The van der Waals surface area contributed by atoms with Crippen LogP contribution in [0.2, 0.25) is 0 Å². The number of rotatable bonds is 6. The summed E-state index contributed by atoms with van der Waals surface area (Å²) in [6, 6.07) is 10.3. The van der Waals surface area contributed by atoms with Gasteiger partial charge in [-0.2, -0.15) is 13.2 Å². The average Bonchev–Trinajstić information content (AvgIpc) is 2.59. The third-order valence-corrected chi connectivity index (χ3v) is 3.11. The van der Waals surface area contributed by atoms with Gasteiger partial charge >= 0.3 is 6.18 Å². The van der Waals surface area contributed by atoms with E-state index in [4.69, 9.17) is 9.47 Å². The van der Waals surface area contributed by atoms with Crippen molar-refractivity contribution >= 4 is 11.6 Å². The zero-order valence-electron chi connectivity index (χ0n) is 13.5. The summed E-state index contributed by atoms with van der Waals surface area (Å²) in [6.07, 6.45) is -4.43. The first-order valence-corrected chi connectivity index (χ1v) is 7.15. The Balaban J connectivity index is 2.13. The van der Waals surface area contributed by atoms with Crippen LogP contribution in [-0.4, -0.2) is 32.9 Å². The Morgan fingerprint density at radius 1 is 1.00 bits per heavy atom. The van der Waals surface area contributed by atoms with Crippen LogP contribution < -0.4 is 19.5 Å². The Morgan fingerprint density at radius 2 is 1.64 bits per heavy atom. The number of hydrogen-bond donors (Lipinski definition) is 1. The molecule has 1 N–H and O–H groups in total. The molecule has 0 aliphatic heterocycles. The van der Waals surface area contributed by atoms with Gasteiger partial charge in [0, 0.05) is 23.4 Å². The summed E-state index contributed by atoms with van der Waals surface area (Å²) in [5, 5.41) is 2.59. The van der Waals surface area contributed by atoms with E-state index in [0.717, 1.165) is 0 Å². The van der Waals surface area contributed by atoms with Gasteiger partial charge in [-0.05, 0) is 24.3 Å². The van der Waals surface area contributed by atoms with E-state index in [2.05, 4.69) is 10.1 Å². The summed E-state index contributed by atoms with van der Waals surface area (Å²) >= 11 is 0. The third-order valence-electron chi connectivity index (χ3n) is 3.11. The van der Waals surface area contributed by atoms with E-state index >= 15 is 0 Å². The zero-order valence-corrected chi connectivity index (χ0v) is 13.5. The van der Waals surface area contributed by atoms with Gasteiger partial charge < -0.3 is 19.5 Å². The SMILES string of the molecule is COc1cc(OC)cc(C(=O)Nc2cccc(OCC(F)(F)F)c2)c1. The Hall–Kier alpha value is -2.90. The van der Waals surface area contributed by atoms with Crippen molar-refractivity contribution in [3.63, 3.8) is 0 Å². The zero-order chi connectivity index (χ0) is 18.4. The van der Waals surface area contributed by atoms with Crippen molar-refractivity contribution in [3.8, 4) is 17.2 Å². The molecule has 0 aliphatic carbocycles. The van der Waals surface area contributed by atoms with Crippen molar-refractivity contribution in [2.75, 3.05) is 26.1 Å². The first kappa shape index (κ1) is 18.4. The fourth-order valence-corrected chi connectivity index (χ4v) is 1.97. The molecule has 2 aromatic carbocycles. The fraction of sp³-hybridized carbons (Fsp3) is 0.235. The Bertz CT molecular complexity index is 725. The molecule has 8 heteroatoms. The highest BCUT2D eigenvalue weighted by molar-refractivity contribution is 6.04. The van der Waals surface area contributed by atoms with Crippen LogP contribution in [0.25, 0.3) is 0 Å². The minimum absolute atomic E-state index is 0.00153. The van der Waals surface area contributed by atoms with E-state index < -0.39 is 18.7 Å². The van der Waals surface area contributed by atoms with E-state index in [1.165, 1.54) is 50.6 Å². The maximum Gasteiger partial charge on any atom is 0.422 e. The first-order chi connectivity index (χ1) is 11.8. The Labute approximate surface area is 142 Å². The Morgan fingerprint density at radius 3 is 2.20 bits per heavy atom. The van der Waals surface area contributed by atoms with Crippen LogP contribution >= 0.6 is 0 Å². The van der Waals surface area contributed by atoms with E-state index in [-0.39, 0.29) is 11.3 Å². The second kappa shape index (κ2) is 7.78. The number of carbonyl (C=O) groups excluding carboxylic acids is 1. The predicted octanol–water partition coefficient (Wildman–Crippen LogP) is 3.90. The number of nitrogens with one attached hydrogen (secondary N) is 1. The number of anilines is 1. The average molecular weight is 355 g/mol. The highest BCUT2D eigenvalue weighted by Crippen LogP contribution is 2.25. The largest absolute Gasteiger partial charge is 0.497 e. The van der Waals surface area contributed by atoms with E-state index in [0.29, 0.717) is 17.2 Å². The third kappa shape index (κ3) is 5.59. The molecule has 2 rings (SSSR count). The van der Waals surface area contributed by atoms with E-state index in [9.17, 15) is 18.0 Å². The summed E-state index contributed by atoms with van der Waals surface area (Å²) in [4.78, 5) is 12.3. The highest BCUT2D eigenvalue weighted by atomic mass is 19.4. The van der Waals surface area contributed by atoms with Crippen LogP contribution in [0.1, 0.15) is 10.4 Å². The minimum atomic E-state index is -4.43. The predicted molar refractivity (Wildman–Crippen MR) is 85.5 cm³/mol. The molecule has 0 saturated heterocycles. The molecular weight excluding hydrogens is 339 g/mol. The van der Waals surface area contributed by atoms with Crippen LogP contribution in [-0.2, 0) is 0 Å². The molecule has 1 amide bonds. The monoisotopic (exact) mass is 355 g/mol. The van der Waals surface area contributed by atoms with Gasteiger partial charge in [0.2, 0.25) is 0 Å². The number of methoxy groups -OCH3 is 2. The molecule has 0 aromatic heterocycles. The van der Waals surface area contributed by atoms with Gasteiger partial charge in [-0.1, -0.05) is 6.07 Å². The van der Waals surface area contributed by atoms with Crippen molar-refractivity contribution in [1.82, 2.24) is 0 Å². The molecule has 0 radical (unpaired) electrons. The van der Waals surface area contributed by atoms with Crippen LogP contribution in [0.5, 0.6) is 17.2 Å². The standard InChI is InChI=1S/C17H16F3NO4/c1-23-14-6-11(7-15(9-14)24-2)16(22)21-12-4-3-5-13(8-12)25-10-17(18,19)20/h3-9H,10H2,1-2H3,(H,21,22). The summed E-state index contributed by atoms with van der Waals surface area (Å²) in [5.41, 5.74) is 0.573. The number of hydrogen-bond acceptors (Lipinski definition) is 4. The van der Waals surface area contributed by atoms with Crippen LogP contribution in [0.3, 0.4) is 0 Å². The van der Waals surface area contributed by atoms with Gasteiger partial charge in [0.15, 0.2) is 6.61 Å². The number of ether oxygens (including phenoxy) is 3. The lowest BCUT2D eigenvalue weighted by atomic mass is 10.1. The number of benzene rings is 2. The molecule has 0 fully saturated rings. The van der Waals surface area contributed by atoms with Gasteiger partial charge in [0.25, 0.3) is 5.91 Å². The van der Waals surface area contributed by atoms with Crippen LogP contribution in [0, 0.1) is 0 Å². The van der Waals surface area contributed by atoms with E-state index in [1.54, 1.807) is 6.07 Å². The van der Waals surface area contributed by atoms with Crippen molar-refractivity contribution in [2.24, 2.45) is 0 Å². The maximum absolute atomic E-state index is 12.3. The molecule has 5 nitrogen and oxygen atoms in total. The lowest BCUT2D eigenvalue weighted by Crippen LogP contribution is -2.19. The molecule has 0 atom stereocenters. The molecule has 0 heterocycles. The summed E-state index contributed by atoms with van der Waals surface area (Å²) in [5.74, 6) is 0.405. The van der Waals surface area contributed by atoms with Gasteiger partial charge in [0.05, 0.1) is 14.2 Å². The van der Waals surface area contributed by atoms with Crippen molar-refractivity contribution in [1.29, 1.82) is 0 Å². The number of carbonyl (C=O) groups is 1. The molecule has 0 saturated carbocycles.